The molecule has 0 aliphatic carbocycles. The second kappa shape index (κ2) is 5.55. The smallest absolute Gasteiger partial charge is 0.126 e. The predicted octanol–water partition coefficient (Wildman–Crippen LogP) is 3.90. The Morgan fingerprint density at radius 3 is 2.56 bits per heavy atom. The molecule has 1 nitrogen and oxygen atoms in total. The average molecular weight is 261 g/mol. The van der Waals surface area contributed by atoms with Crippen LogP contribution in [0.4, 0.5) is 4.39 Å². The second-order valence-corrected chi connectivity index (χ2v) is 5.08. The van der Waals surface area contributed by atoms with Crippen molar-refractivity contribution in [2.24, 2.45) is 5.73 Å². The van der Waals surface area contributed by atoms with Crippen LogP contribution in [0.25, 0.3) is 0 Å². The van der Waals surface area contributed by atoms with E-state index in [4.69, 9.17) is 5.73 Å². The van der Waals surface area contributed by atoms with Gasteiger partial charge in [-0.25, -0.2) is 4.39 Å². The molecule has 0 saturated carbocycles. The van der Waals surface area contributed by atoms with Crippen LogP contribution >= 0.6 is 11.8 Å². The summed E-state index contributed by atoms with van der Waals surface area (Å²) in [5.41, 5.74) is 8.92. The Hall–Kier alpha value is -1.32. The normalized spacial score (nSPS) is 12.4. The van der Waals surface area contributed by atoms with Crippen molar-refractivity contribution in [3.8, 4) is 0 Å². The van der Waals surface area contributed by atoms with Crippen LogP contribution < -0.4 is 5.73 Å². The highest BCUT2D eigenvalue weighted by molar-refractivity contribution is 7.98. The molecule has 0 radical (unpaired) electrons. The lowest BCUT2D eigenvalue weighted by molar-refractivity contribution is 0.616. The number of thioether (sulfide) groups is 1. The summed E-state index contributed by atoms with van der Waals surface area (Å²) in [6.07, 6.45) is 2.03. The third-order valence-corrected chi connectivity index (χ3v) is 3.83. The molecular formula is C15H16FNS. The second-order valence-electron chi connectivity index (χ2n) is 4.23. The zero-order valence-corrected chi connectivity index (χ0v) is 11.3. The summed E-state index contributed by atoms with van der Waals surface area (Å²) in [7, 11) is 0. The summed E-state index contributed by atoms with van der Waals surface area (Å²) < 4.78 is 13.3. The zero-order chi connectivity index (χ0) is 13.1. The fraction of sp³-hybridized carbons (Fsp3) is 0.200. The lowest BCUT2D eigenvalue weighted by Gasteiger charge is -2.16. The van der Waals surface area contributed by atoms with E-state index in [1.165, 1.54) is 6.07 Å². The van der Waals surface area contributed by atoms with Gasteiger partial charge >= 0.3 is 0 Å². The first-order valence-corrected chi connectivity index (χ1v) is 7.00. The van der Waals surface area contributed by atoms with Crippen LogP contribution in [0.2, 0.25) is 0 Å². The highest BCUT2D eigenvalue weighted by atomic mass is 32.2. The van der Waals surface area contributed by atoms with Crippen LogP contribution in [-0.4, -0.2) is 6.26 Å². The molecule has 0 amide bonds. The molecule has 2 rings (SSSR count). The van der Waals surface area contributed by atoms with Gasteiger partial charge in [0.05, 0.1) is 6.04 Å². The number of hydrogen-bond acceptors (Lipinski definition) is 2. The van der Waals surface area contributed by atoms with Crippen LogP contribution in [0, 0.1) is 12.7 Å². The zero-order valence-electron chi connectivity index (χ0n) is 10.5. The third kappa shape index (κ3) is 2.57. The van der Waals surface area contributed by atoms with Gasteiger partial charge in [0.15, 0.2) is 0 Å². The van der Waals surface area contributed by atoms with Crippen molar-refractivity contribution in [1.82, 2.24) is 0 Å². The third-order valence-electron chi connectivity index (χ3n) is 3.02. The fourth-order valence-electron chi connectivity index (χ4n) is 1.96. The van der Waals surface area contributed by atoms with E-state index in [9.17, 15) is 4.39 Å². The van der Waals surface area contributed by atoms with Gasteiger partial charge in [-0.05, 0) is 42.0 Å². The van der Waals surface area contributed by atoms with Crippen molar-refractivity contribution >= 4 is 11.8 Å². The van der Waals surface area contributed by atoms with Gasteiger partial charge in [-0.2, -0.15) is 0 Å². The topological polar surface area (TPSA) is 26.0 Å². The highest BCUT2D eigenvalue weighted by Gasteiger charge is 2.13. The lowest BCUT2D eigenvalue weighted by Crippen LogP contribution is -2.13. The van der Waals surface area contributed by atoms with Gasteiger partial charge in [0, 0.05) is 4.90 Å². The summed E-state index contributed by atoms with van der Waals surface area (Å²) in [5.74, 6) is -0.191. The van der Waals surface area contributed by atoms with E-state index in [0.717, 1.165) is 16.0 Å². The largest absolute Gasteiger partial charge is 0.320 e. The van der Waals surface area contributed by atoms with Crippen LogP contribution in [0.3, 0.4) is 0 Å². The van der Waals surface area contributed by atoms with Gasteiger partial charge < -0.3 is 5.73 Å². The Balaban J connectivity index is 2.41. The summed E-state index contributed by atoms with van der Waals surface area (Å²) in [6.45, 7) is 1.76. The summed E-state index contributed by atoms with van der Waals surface area (Å²) in [6, 6.07) is 12.9. The molecular weight excluding hydrogens is 245 g/mol. The molecule has 3 heteroatoms. The van der Waals surface area contributed by atoms with Gasteiger partial charge in [0.1, 0.15) is 5.82 Å². The SMILES string of the molecule is CSc1ccccc1C(N)c1ccc(F)c(C)c1. The van der Waals surface area contributed by atoms with Crippen LogP contribution in [0.15, 0.2) is 47.4 Å². The van der Waals surface area contributed by atoms with Gasteiger partial charge in [-0.15, -0.1) is 11.8 Å². The maximum Gasteiger partial charge on any atom is 0.126 e. The van der Waals surface area contributed by atoms with Crippen molar-refractivity contribution in [1.29, 1.82) is 0 Å². The molecule has 0 spiro atoms. The first-order chi connectivity index (χ1) is 8.63. The maximum absolute atomic E-state index is 13.3. The van der Waals surface area contributed by atoms with E-state index in [1.54, 1.807) is 24.8 Å². The van der Waals surface area contributed by atoms with Gasteiger partial charge in [0.25, 0.3) is 0 Å². The van der Waals surface area contributed by atoms with E-state index in [1.807, 2.05) is 30.5 Å². The van der Waals surface area contributed by atoms with Crippen molar-refractivity contribution in [2.75, 3.05) is 6.26 Å². The van der Waals surface area contributed by atoms with E-state index < -0.39 is 0 Å². The molecule has 2 N–H and O–H groups in total. The molecule has 2 aromatic rings. The number of nitrogens with two attached hydrogens (primary N) is 1. The molecule has 1 unspecified atom stereocenters. The van der Waals surface area contributed by atoms with Gasteiger partial charge in [0.2, 0.25) is 0 Å². The van der Waals surface area contributed by atoms with E-state index in [-0.39, 0.29) is 11.9 Å². The van der Waals surface area contributed by atoms with Crippen LogP contribution in [0.5, 0.6) is 0 Å². The first-order valence-electron chi connectivity index (χ1n) is 5.78. The molecule has 0 heterocycles. The van der Waals surface area contributed by atoms with E-state index in [0.29, 0.717) is 5.56 Å². The van der Waals surface area contributed by atoms with Gasteiger partial charge in [-0.1, -0.05) is 30.3 Å². The molecule has 0 bridgehead atoms. The summed E-state index contributed by atoms with van der Waals surface area (Å²) in [5, 5.41) is 0. The molecule has 18 heavy (non-hydrogen) atoms. The number of aryl methyl sites for hydroxylation is 1. The molecule has 0 aromatic heterocycles. The number of benzene rings is 2. The maximum atomic E-state index is 13.3. The summed E-state index contributed by atoms with van der Waals surface area (Å²) in [4.78, 5) is 1.16. The quantitative estimate of drug-likeness (QED) is 0.848. The minimum atomic E-state index is -0.215. The monoisotopic (exact) mass is 261 g/mol. The Morgan fingerprint density at radius 2 is 1.89 bits per heavy atom. The minimum Gasteiger partial charge on any atom is -0.320 e. The molecule has 0 aliphatic rings. The fourth-order valence-corrected chi connectivity index (χ4v) is 2.61. The van der Waals surface area contributed by atoms with Crippen molar-refractivity contribution in [2.45, 2.75) is 17.9 Å². The minimum absolute atomic E-state index is 0.191. The lowest BCUT2D eigenvalue weighted by atomic mass is 9.98. The molecule has 1 atom stereocenters. The average Bonchev–Trinajstić information content (AvgIpc) is 2.41. The Labute approximate surface area is 111 Å². The van der Waals surface area contributed by atoms with E-state index in [2.05, 4.69) is 6.07 Å². The highest BCUT2D eigenvalue weighted by Crippen LogP contribution is 2.29. The predicted molar refractivity (Wildman–Crippen MR) is 75.4 cm³/mol. The Kier molecular flexibility index (Phi) is 4.04. The van der Waals surface area contributed by atoms with Crippen LogP contribution in [0.1, 0.15) is 22.7 Å². The standard InChI is InChI=1S/C15H16FNS/c1-10-9-11(7-8-13(10)16)15(17)12-5-3-4-6-14(12)18-2/h3-9,15H,17H2,1-2H3. The van der Waals surface area contributed by atoms with Crippen molar-refractivity contribution < 1.29 is 4.39 Å². The van der Waals surface area contributed by atoms with Crippen molar-refractivity contribution in [3.63, 3.8) is 0 Å². The molecule has 2 aromatic carbocycles. The summed E-state index contributed by atoms with van der Waals surface area (Å²) >= 11 is 1.67. The Morgan fingerprint density at radius 1 is 1.17 bits per heavy atom. The van der Waals surface area contributed by atoms with Crippen molar-refractivity contribution in [3.05, 3.63) is 65.0 Å². The number of halogens is 1. The molecule has 0 fully saturated rings. The van der Waals surface area contributed by atoms with Crippen LogP contribution in [-0.2, 0) is 0 Å². The number of hydrogen-bond donors (Lipinski definition) is 1. The molecule has 0 aliphatic heterocycles. The molecule has 94 valence electrons. The molecule has 0 saturated heterocycles. The van der Waals surface area contributed by atoms with E-state index >= 15 is 0 Å². The first kappa shape index (κ1) is 13.1. The Bertz CT molecular complexity index is 554. The van der Waals surface area contributed by atoms with Gasteiger partial charge in [-0.3, -0.25) is 0 Å². The number of rotatable bonds is 3.